The Hall–Kier alpha value is -0.980. The van der Waals surface area contributed by atoms with Gasteiger partial charge in [0.15, 0.2) is 0 Å². The monoisotopic (exact) mass is 259 g/mol. The molecule has 1 aromatic rings. The predicted molar refractivity (Wildman–Crippen MR) is 84.7 cm³/mol. The Kier molecular flexibility index (Phi) is 5.75. The zero-order chi connectivity index (χ0) is 13.5. The number of hydrogen-bond donors (Lipinski definition) is 1. The van der Waals surface area contributed by atoms with Crippen LogP contribution in [-0.4, -0.2) is 6.04 Å². The predicted octanol–water partition coefficient (Wildman–Crippen LogP) is 5.41. The third kappa shape index (κ3) is 4.56. The molecule has 19 heavy (non-hydrogen) atoms. The second-order valence-electron chi connectivity index (χ2n) is 6.06. The fourth-order valence-electron chi connectivity index (χ4n) is 3.34. The Labute approximate surface area is 118 Å². The van der Waals surface area contributed by atoms with Crippen LogP contribution in [0.3, 0.4) is 0 Å². The average molecular weight is 259 g/mol. The van der Waals surface area contributed by atoms with Gasteiger partial charge in [0, 0.05) is 11.7 Å². The smallest absolute Gasteiger partial charge is 0.0345 e. The molecule has 1 saturated carbocycles. The summed E-state index contributed by atoms with van der Waals surface area (Å²) in [5, 5.41) is 3.76. The van der Waals surface area contributed by atoms with Crippen LogP contribution in [0.5, 0.6) is 0 Å². The van der Waals surface area contributed by atoms with Crippen molar-refractivity contribution in [2.75, 3.05) is 5.32 Å². The highest BCUT2D eigenvalue weighted by molar-refractivity contribution is 5.46. The third-order valence-electron chi connectivity index (χ3n) is 4.49. The molecule has 0 saturated heterocycles. The molecule has 2 atom stereocenters. The van der Waals surface area contributed by atoms with Crippen LogP contribution in [0.1, 0.15) is 64.4 Å². The topological polar surface area (TPSA) is 12.0 Å². The van der Waals surface area contributed by atoms with Gasteiger partial charge in [0.05, 0.1) is 0 Å². The molecule has 2 unspecified atom stereocenters. The lowest BCUT2D eigenvalue weighted by molar-refractivity contribution is 0.422. The third-order valence-corrected chi connectivity index (χ3v) is 4.49. The van der Waals surface area contributed by atoms with Crippen LogP contribution in [-0.2, 0) is 6.42 Å². The first-order valence-corrected chi connectivity index (χ1v) is 8.17. The second kappa shape index (κ2) is 7.57. The van der Waals surface area contributed by atoms with E-state index < -0.39 is 0 Å². The van der Waals surface area contributed by atoms with E-state index in [-0.39, 0.29) is 0 Å². The fourth-order valence-corrected chi connectivity index (χ4v) is 3.34. The normalized spacial score (nSPS) is 23.9. The van der Waals surface area contributed by atoms with Crippen LogP contribution in [0, 0.1) is 5.92 Å². The van der Waals surface area contributed by atoms with E-state index >= 15 is 0 Å². The molecule has 106 valence electrons. The Morgan fingerprint density at radius 2 is 2.00 bits per heavy atom. The van der Waals surface area contributed by atoms with Crippen molar-refractivity contribution >= 4 is 5.69 Å². The zero-order valence-electron chi connectivity index (χ0n) is 12.6. The van der Waals surface area contributed by atoms with Gasteiger partial charge in [-0.05, 0) is 49.3 Å². The lowest BCUT2D eigenvalue weighted by atomic mass is 9.95. The summed E-state index contributed by atoms with van der Waals surface area (Å²) < 4.78 is 0. The molecule has 0 spiro atoms. The van der Waals surface area contributed by atoms with Crippen molar-refractivity contribution in [3.8, 4) is 0 Å². The molecule has 0 radical (unpaired) electrons. The van der Waals surface area contributed by atoms with Gasteiger partial charge in [-0.1, -0.05) is 51.7 Å². The molecule has 1 N–H and O–H groups in total. The van der Waals surface area contributed by atoms with Gasteiger partial charge in [-0.15, -0.1) is 0 Å². The van der Waals surface area contributed by atoms with Crippen molar-refractivity contribution in [1.82, 2.24) is 0 Å². The number of anilines is 1. The summed E-state index contributed by atoms with van der Waals surface area (Å²) in [6, 6.07) is 9.61. The van der Waals surface area contributed by atoms with Crippen molar-refractivity contribution < 1.29 is 0 Å². The van der Waals surface area contributed by atoms with Crippen LogP contribution < -0.4 is 5.32 Å². The number of benzene rings is 1. The summed E-state index contributed by atoms with van der Waals surface area (Å²) in [7, 11) is 0. The van der Waals surface area contributed by atoms with E-state index in [2.05, 4.69) is 43.4 Å². The Morgan fingerprint density at radius 3 is 2.79 bits per heavy atom. The molecule has 0 bridgehead atoms. The molecule has 0 aliphatic heterocycles. The highest BCUT2D eigenvalue weighted by Crippen LogP contribution is 2.28. The quantitative estimate of drug-likeness (QED) is 0.697. The van der Waals surface area contributed by atoms with Crippen molar-refractivity contribution in [3.05, 3.63) is 29.8 Å². The van der Waals surface area contributed by atoms with E-state index in [9.17, 15) is 0 Å². The van der Waals surface area contributed by atoms with E-state index in [4.69, 9.17) is 0 Å². The molecule has 0 aromatic heterocycles. The number of hydrogen-bond acceptors (Lipinski definition) is 1. The van der Waals surface area contributed by atoms with Crippen LogP contribution in [0.15, 0.2) is 24.3 Å². The SMILES string of the molecule is CCCC1CCCC(Nc2cccc(CC)c2)CC1. The van der Waals surface area contributed by atoms with Gasteiger partial charge in [-0.25, -0.2) is 0 Å². The second-order valence-corrected chi connectivity index (χ2v) is 6.06. The van der Waals surface area contributed by atoms with Crippen LogP contribution in [0.2, 0.25) is 0 Å². The Bertz CT molecular complexity index is 372. The van der Waals surface area contributed by atoms with Gasteiger partial charge < -0.3 is 5.32 Å². The lowest BCUT2D eigenvalue weighted by Crippen LogP contribution is -2.18. The molecule has 1 aliphatic carbocycles. The fraction of sp³-hybridized carbons (Fsp3) is 0.667. The molecule has 1 aromatic carbocycles. The largest absolute Gasteiger partial charge is 0.382 e. The van der Waals surface area contributed by atoms with Crippen molar-refractivity contribution in [2.24, 2.45) is 5.92 Å². The Morgan fingerprint density at radius 1 is 1.11 bits per heavy atom. The van der Waals surface area contributed by atoms with E-state index in [1.165, 1.54) is 56.2 Å². The maximum Gasteiger partial charge on any atom is 0.0345 e. The van der Waals surface area contributed by atoms with Crippen molar-refractivity contribution in [1.29, 1.82) is 0 Å². The lowest BCUT2D eigenvalue weighted by Gasteiger charge is -2.18. The van der Waals surface area contributed by atoms with Gasteiger partial charge in [0.2, 0.25) is 0 Å². The minimum Gasteiger partial charge on any atom is -0.382 e. The van der Waals surface area contributed by atoms with Crippen LogP contribution in [0.25, 0.3) is 0 Å². The molecule has 1 heteroatoms. The minimum absolute atomic E-state index is 0.689. The summed E-state index contributed by atoms with van der Waals surface area (Å²) >= 11 is 0. The van der Waals surface area contributed by atoms with Gasteiger partial charge >= 0.3 is 0 Å². The van der Waals surface area contributed by atoms with E-state index in [0.717, 1.165) is 12.3 Å². The summed E-state index contributed by atoms with van der Waals surface area (Å²) in [5.74, 6) is 0.985. The van der Waals surface area contributed by atoms with E-state index in [1.54, 1.807) is 0 Å². The van der Waals surface area contributed by atoms with Gasteiger partial charge in [-0.3, -0.25) is 0 Å². The maximum absolute atomic E-state index is 3.76. The van der Waals surface area contributed by atoms with Gasteiger partial charge in [-0.2, -0.15) is 0 Å². The Balaban J connectivity index is 1.88. The number of aryl methyl sites for hydroxylation is 1. The molecule has 0 amide bonds. The van der Waals surface area contributed by atoms with Gasteiger partial charge in [0.1, 0.15) is 0 Å². The van der Waals surface area contributed by atoms with Crippen LogP contribution in [0.4, 0.5) is 5.69 Å². The highest BCUT2D eigenvalue weighted by atomic mass is 14.9. The molecule has 1 fully saturated rings. The highest BCUT2D eigenvalue weighted by Gasteiger charge is 2.18. The molecule has 1 nitrogen and oxygen atoms in total. The number of rotatable bonds is 5. The molecule has 1 aliphatic rings. The average Bonchev–Trinajstić information content (AvgIpc) is 2.65. The zero-order valence-corrected chi connectivity index (χ0v) is 12.6. The van der Waals surface area contributed by atoms with Gasteiger partial charge in [0.25, 0.3) is 0 Å². The minimum atomic E-state index is 0.689. The molecular weight excluding hydrogens is 230 g/mol. The van der Waals surface area contributed by atoms with E-state index in [1.807, 2.05) is 0 Å². The maximum atomic E-state index is 3.76. The summed E-state index contributed by atoms with van der Waals surface area (Å²) in [6.45, 7) is 4.54. The van der Waals surface area contributed by atoms with E-state index in [0.29, 0.717) is 6.04 Å². The van der Waals surface area contributed by atoms with Crippen LogP contribution >= 0.6 is 0 Å². The first-order chi connectivity index (χ1) is 9.31. The first-order valence-electron chi connectivity index (χ1n) is 8.17. The summed E-state index contributed by atoms with van der Waals surface area (Å²) in [6.07, 6.45) is 10.9. The molecule has 2 rings (SSSR count). The first kappa shape index (κ1) is 14.4. The molecule has 0 heterocycles. The number of nitrogens with one attached hydrogen (secondary N) is 1. The van der Waals surface area contributed by atoms with Crippen molar-refractivity contribution in [2.45, 2.75) is 71.3 Å². The van der Waals surface area contributed by atoms with Crippen molar-refractivity contribution in [3.63, 3.8) is 0 Å². The summed E-state index contributed by atoms with van der Waals surface area (Å²) in [5.41, 5.74) is 2.75. The standard InChI is InChI=1S/C18H29N/c1-3-7-16-9-6-10-17(13-12-16)19-18-11-5-8-15(4-2)14-18/h5,8,11,14,16-17,19H,3-4,6-7,9-10,12-13H2,1-2H3. The molecular formula is C18H29N. The summed E-state index contributed by atoms with van der Waals surface area (Å²) in [4.78, 5) is 0.